The Kier molecular flexibility index (Phi) is 5.97. The Bertz CT molecular complexity index is 1130. The van der Waals surface area contributed by atoms with Gasteiger partial charge in [-0.05, 0) is 56.2 Å². The Morgan fingerprint density at radius 2 is 1.97 bits per heavy atom. The van der Waals surface area contributed by atoms with E-state index in [1.165, 1.54) is 25.7 Å². The summed E-state index contributed by atoms with van der Waals surface area (Å²) >= 11 is 0. The van der Waals surface area contributed by atoms with E-state index < -0.39 is 5.97 Å². The van der Waals surface area contributed by atoms with E-state index in [1.54, 1.807) is 13.0 Å². The fourth-order valence-electron chi connectivity index (χ4n) is 3.64. The summed E-state index contributed by atoms with van der Waals surface area (Å²) in [6.45, 7) is 2.60. The SMILES string of the molecule is COC(=O)c1cc(/C=C/C(=O)Nc2ccc(-c3nnc4n3CCCCC4)cc2)oc1C. The first kappa shape index (κ1) is 20.6. The molecule has 0 unspecified atom stereocenters. The monoisotopic (exact) mass is 420 g/mol. The van der Waals surface area contributed by atoms with Gasteiger partial charge in [-0.1, -0.05) is 6.42 Å². The number of aryl methyl sites for hydroxylation is 2. The van der Waals surface area contributed by atoms with Crippen molar-refractivity contribution in [1.29, 1.82) is 0 Å². The lowest BCUT2D eigenvalue weighted by Crippen LogP contribution is -2.07. The third-order valence-electron chi connectivity index (χ3n) is 5.26. The summed E-state index contributed by atoms with van der Waals surface area (Å²) in [7, 11) is 1.31. The van der Waals surface area contributed by atoms with Crippen molar-refractivity contribution in [2.24, 2.45) is 0 Å². The number of methoxy groups -OCH3 is 1. The van der Waals surface area contributed by atoms with E-state index in [1.807, 2.05) is 24.3 Å². The summed E-state index contributed by atoms with van der Waals surface area (Å²) in [6.07, 6.45) is 7.32. The maximum atomic E-state index is 12.3. The van der Waals surface area contributed by atoms with Crippen molar-refractivity contribution in [1.82, 2.24) is 14.8 Å². The number of amides is 1. The molecule has 0 radical (unpaired) electrons. The normalized spacial score (nSPS) is 13.6. The first-order valence-corrected chi connectivity index (χ1v) is 10.3. The lowest BCUT2D eigenvalue weighted by atomic mass is 10.2. The van der Waals surface area contributed by atoms with Crippen LogP contribution >= 0.6 is 0 Å². The molecule has 0 saturated heterocycles. The van der Waals surface area contributed by atoms with Crippen molar-refractivity contribution in [2.45, 2.75) is 39.2 Å². The third-order valence-corrected chi connectivity index (χ3v) is 5.26. The molecule has 4 rings (SSSR count). The number of benzene rings is 1. The van der Waals surface area contributed by atoms with Gasteiger partial charge in [0.25, 0.3) is 0 Å². The zero-order valence-corrected chi connectivity index (χ0v) is 17.6. The molecule has 2 aromatic heterocycles. The number of nitrogens with zero attached hydrogens (tertiary/aromatic N) is 3. The van der Waals surface area contributed by atoms with Crippen molar-refractivity contribution in [3.63, 3.8) is 0 Å². The van der Waals surface area contributed by atoms with E-state index in [4.69, 9.17) is 9.15 Å². The second-order valence-corrected chi connectivity index (χ2v) is 7.41. The molecule has 1 amide bonds. The van der Waals surface area contributed by atoms with E-state index in [9.17, 15) is 9.59 Å². The summed E-state index contributed by atoms with van der Waals surface area (Å²) in [5.41, 5.74) is 1.97. The van der Waals surface area contributed by atoms with Crippen molar-refractivity contribution in [3.05, 3.63) is 59.3 Å². The zero-order chi connectivity index (χ0) is 21.8. The van der Waals surface area contributed by atoms with Crippen LogP contribution in [0, 0.1) is 6.92 Å². The number of aromatic nitrogens is 3. The van der Waals surface area contributed by atoms with Gasteiger partial charge in [-0.15, -0.1) is 10.2 Å². The van der Waals surface area contributed by atoms with Gasteiger partial charge < -0.3 is 19.0 Å². The molecule has 1 aromatic carbocycles. The Balaban J connectivity index is 1.41. The molecule has 3 heterocycles. The molecular formula is C23H24N4O4. The zero-order valence-electron chi connectivity index (χ0n) is 17.6. The van der Waals surface area contributed by atoms with Crippen LogP contribution in [0.25, 0.3) is 17.5 Å². The smallest absolute Gasteiger partial charge is 0.341 e. The van der Waals surface area contributed by atoms with Crippen molar-refractivity contribution in [3.8, 4) is 11.4 Å². The summed E-state index contributed by atoms with van der Waals surface area (Å²) < 4.78 is 12.4. The lowest BCUT2D eigenvalue weighted by Gasteiger charge is -2.08. The van der Waals surface area contributed by atoms with E-state index in [-0.39, 0.29) is 5.91 Å². The van der Waals surface area contributed by atoms with Crippen molar-refractivity contribution in [2.75, 3.05) is 12.4 Å². The number of rotatable bonds is 5. The molecule has 0 fully saturated rings. The van der Waals surface area contributed by atoms with Crippen LogP contribution in [0.4, 0.5) is 5.69 Å². The van der Waals surface area contributed by atoms with Gasteiger partial charge in [-0.25, -0.2) is 4.79 Å². The van der Waals surface area contributed by atoms with Crippen LogP contribution in [0.2, 0.25) is 0 Å². The van der Waals surface area contributed by atoms with Gasteiger partial charge in [-0.2, -0.15) is 0 Å². The van der Waals surface area contributed by atoms with Gasteiger partial charge in [0.2, 0.25) is 5.91 Å². The van der Waals surface area contributed by atoms with Gasteiger partial charge in [0.15, 0.2) is 5.82 Å². The number of hydrogen-bond donors (Lipinski definition) is 1. The van der Waals surface area contributed by atoms with Crippen LogP contribution < -0.4 is 5.32 Å². The van der Waals surface area contributed by atoms with Gasteiger partial charge in [0.1, 0.15) is 22.9 Å². The minimum absolute atomic E-state index is 0.308. The highest BCUT2D eigenvalue weighted by atomic mass is 16.5. The molecule has 0 saturated carbocycles. The first-order chi connectivity index (χ1) is 15.0. The molecule has 0 atom stereocenters. The predicted molar refractivity (Wildman–Crippen MR) is 115 cm³/mol. The van der Waals surface area contributed by atoms with Crippen LogP contribution in [-0.4, -0.2) is 33.8 Å². The number of anilines is 1. The molecule has 8 nitrogen and oxygen atoms in total. The fourth-order valence-corrected chi connectivity index (χ4v) is 3.64. The summed E-state index contributed by atoms with van der Waals surface area (Å²) in [5, 5.41) is 11.5. The second-order valence-electron chi connectivity index (χ2n) is 7.41. The highest BCUT2D eigenvalue weighted by molar-refractivity contribution is 6.02. The number of nitrogens with one attached hydrogen (secondary N) is 1. The molecule has 1 aliphatic rings. The second kappa shape index (κ2) is 8.99. The molecule has 1 aliphatic heterocycles. The number of furan rings is 1. The van der Waals surface area contributed by atoms with Crippen LogP contribution in [0.1, 0.15) is 47.0 Å². The number of carbonyl (C=O) groups excluding carboxylic acids is 2. The number of hydrogen-bond acceptors (Lipinski definition) is 6. The van der Waals surface area contributed by atoms with Gasteiger partial charge in [0.05, 0.1) is 7.11 Å². The molecule has 31 heavy (non-hydrogen) atoms. The molecule has 3 aromatic rings. The van der Waals surface area contributed by atoms with E-state index in [0.29, 0.717) is 22.8 Å². The Morgan fingerprint density at radius 3 is 2.74 bits per heavy atom. The lowest BCUT2D eigenvalue weighted by molar-refractivity contribution is -0.111. The Labute approximate surface area is 179 Å². The molecule has 0 spiro atoms. The van der Waals surface area contributed by atoms with E-state index >= 15 is 0 Å². The minimum Gasteiger partial charge on any atom is -0.465 e. The quantitative estimate of drug-likeness (QED) is 0.495. The third kappa shape index (κ3) is 4.58. The van der Waals surface area contributed by atoms with E-state index in [0.717, 1.165) is 43.0 Å². The number of esters is 1. The van der Waals surface area contributed by atoms with Crippen LogP contribution in [0.15, 0.2) is 40.8 Å². The topological polar surface area (TPSA) is 99.3 Å². The van der Waals surface area contributed by atoms with Gasteiger partial charge >= 0.3 is 5.97 Å². The Morgan fingerprint density at radius 1 is 1.16 bits per heavy atom. The maximum Gasteiger partial charge on any atom is 0.341 e. The number of carbonyl (C=O) groups is 2. The van der Waals surface area contributed by atoms with Crippen LogP contribution in [0.5, 0.6) is 0 Å². The number of ether oxygens (including phenoxy) is 1. The highest BCUT2D eigenvalue weighted by Gasteiger charge is 2.16. The fraction of sp³-hybridized carbons (Fsp3) is 0.304. The minimum atomic E-state index is -0.477. The molecule has 0 aliphatic carbocycles. The van der Waals surface area contributed by atoms with Crippen LogP contribution in [-0.2, 0) is 22.5 Å². The van der Waals surface area contributed by atoms with Crippen molar-refractivity contribution >= 4 is 23.6 Å². The average Bonchev–Trinajstić information content (AvgIpc) is 3.27. The van der Waals surface area contributed by atoms with Crippen molar-refractivity contribution < 1.29 is 18.7 Å². The average molecular weight is 420 g/mol. The molecule has 0 bridgehead atoms. The summed E-state index contributed by atoms with van der Waals surface area (Å²) in [5.74, 6) is 1.96. The number of fused-ring (bicyclic) bond motifs is 1. The highest BCUT2D eigenvalue weighted by Crippen LogP contribution is 2.24. The summed E-state index contributed by atoms with van der Waals surface area (Å²) in [4.78, 5) is 23.9. The summed E-state index contributed by atoms with van der Waals surface area (Å²) in [6, 6.07) is 9.08. The Hall–Kier alpha value is -3.68. The maximum absolute atomic E-state index is 12.3. The largest absolute Gasteiger partial charge is 0.465 e. The first-order valence-electron chi connectivity index (χ1n) is 10.3. The standard InChI is InChI=1S/C23H24N4O4/c1-15-19(23(29)30-2)14-18(31-15)11-12-21(28)24-17-9-7-16(8-10-17)22-26-25-20-6-4-3-5-13-27(20)22/h7-12,14H,3-6,13H2,1-2H3,(H,24,28)/b12-11+. The predicted octanol–water partition coefficient (Wildman–Crippen LogP) is 4.01. The molecule has 160 valence electrons. The molecular weight excluding hydrogens is 396 g/mol. The molecule has 8 heteroatoms. The van der Waals surface area contributed by atoms with Crippen LogP contribution in [0.3, 0.4) is 0 Å². The van der Waals surface area contributed by atoms with E-state index in [2.05, 4.69) is 20.1 Å². The van der Waals surface area contributed by atoms with Gasteiger partial charge in [0, 0.05) is 30.3 Å². The van der Waals surface area contributed by atoms with Gasteiger partial charge in [-0.3, -0.25) is 4.79 Å². The molecule has 1 N–H and O–H groups in total.